The average molecular weight is 958 g/mol. The zero-order valence-corrected chi connectivity index (χ0v) is 44.5. The van der Waals surface area contributed by atoms with Crippen molar-refractivity contribution in [2.24, 2.45) is 0 Å². The van der Waals surface area contributed by atoms with Crippen LogP contribution in [0.2, 0.25) is 0 Å². The molecule has 0 aliphatic carbocycles. The summed E-state index contributed by atoms with van der Waals surface area (Å²) in [5, 5.41) is 0. The molecule has 0 rings (SSSR count). The Kier molecular flexibility index (Phi) is 46.2. The van der Waals surface area contributed by atoms with Crippen LogP contribution in [0, 0.1) is 0 Å². The van der Waals surface area contributed by atoms with Crippen LogP contribution in [0.4, 0.5) is 0 Å². The van der Waals surface area contributed by atoms with Gasteiger partial charge in [0, 0.05) is 12.8 Å². The Balaban J connectivity index is 4.09. The Hall–Kier alpha value is -2.81. The summed E-state index contributed by atoms with van der Waals surface area (Å²) in [7, 11) is 1.16. The van der Waals surface area contributed by atoms with Gasteiger partial charge in [-0.2, -0.15) is 0 Å². The average Bonchev–Trinajstić information content (AvgIpc) is 3.29. The molecule has 0 heterocycles. The van der Waals surface area contributed by atoms with Gasteiger partial charge < -0.3 is 27.9 Å². The lowest BCUT2D eigenvalue weighted by Gasteiger charge is -2.28. The summed E-state index contributed by atoms with van der Waals surface area (Å²) < 4.78 is 34.0. The van der Waals surface area contributed by atoms with Gasteiger partial charge in [-0.05, 0) is 70.6 Å². The Morgan fingerprint density at radius 1 is 0.478 bits per heavy atom. The first-order valence-corrected chi connectivity index (χ1v) is 28.3. The number of phosphoric ester groups is 1. The number of carbonyl (C=O) groups is 2. The van der Waals surface area contributed by atoms with Crippen LogP contribution in [-0.2, 0) is 32.7 Å². The summed E-state index contributed by atoms with van der Waals surface area (Å²) in [5.41, 5.74) is 0. The van der Waals surface area contributed by atoms with Crippen molar-refractivity contribution in [2.75, 3.05) is 47.5 Å². The predicted octanol–water partition coefficient (Wildman–Crippen LogP) is 15.7. The van der Waals surface area contributed by atoms with Crippen molar-refractivity contribution >= 4 is 19.8 Å². The standard InChI is InChI=1S/C57H100NO8P/c1-6-8-10-12-14-16-18-19-20-21-22-23-24-25-26-27-28-29-30-31-32-33-34-35-36-37-38-39-40-42-44-46-48-50-57(60)66-55(54-65-67(61,62)64-52-51-58(3,4)5)53-63-56(59)49-47-45-43-41-17-15-13-11-9-7-2/h8,10,14,16,19-20,22-23,25-26,28-29,31-32,55H,6-7,9,11-13,15,17-18,21,24,27,30,33-54H2,1-5H3/b10-8-,16-14-,20-19-,23-22-,26-25-,29-28-,32-31-. The SMILES string of the molecule is CC/C=C\C/C=C\C/C=C\C/C=C\C/C=C\C/C=C\C/C=C\CCCCCCCCCCCCCC(=O)OC(COC(=O)CCCCCCCCCCCC)COP(=O)([O-])OCC[N+](C)(C)C. The summed E-state index contributed by atoms with van der Waals surface area (Å²) in [6, 6.07) is 0. The van der Waals surface area contributed by atoms with E-state index >= 15 is 0 Å². The zero-order valence-electron chi connectivity index (χ0n) is 43.6. The Morgan fingerprint density at radius 3 is 1.27 bits per heavy atom. The third-order valence-electron chi connectivity index (χ3n) is 11.2. The van der Waals surface area contributed by atoms with E-state index in [1.54, 1.807) is 0 Å². The number of unbranched alkanes of at least 4 members (excludes halogenated alkanes) is 20. The van der Waals surface area contributed by atoms with Crippen molar-refractivity contribution in [1.29, 1.82) is 0 Å². The van der Waals surface area contributed by atoms with Gasteiger partial charge in [-0.25, -0.2) is 0 Å². The van der Waals surface area contributed by atoms with E-state index in [9.17, 15) is 19.0 Å². The number of allylic oxidation sites excluding steroid dienone is 14. The maximum atomic E-state index is 12.7. The fourth-order valence-corrected chi connectivity index (χ4v) is 7.78. The van der Waals surface area contributed by atoms with Crippen LogP contribution in [0.5, 0.6) is 0 Å². The van der Waals surface area contributed by atoms with E-state index in [1.807, 2.05) is 21.1 Å². The van der Waals surface area contributed by atoms with Crippen molar-refractivity contribution in [3.8, 4) is 0 Å². The molecule has 9 nitrogen and oxygen atoms in total. The number of rotatable bonds is 48. The van der Waals surface area contributed by atoms with E-state index in [2.05, 4.69) is 98.9 Å². The molecule has 10 heteroatoms. The van der Waals surface area contributed by atoms with Crippen molar-refractivity contribution < 1.29 is 42.1 Å². The van der Waals surface area contributed by atoms with Crippen molar-refractivity contribution in [1.82, 2.24) is 0 Å². The fourth-order valence-electron chi connectivity index (χ4n) is 7.05. The minimum absolute atomic E-state index is 0.0334. The molecule has 0 aromatic heterocycles. The number of hydrogen-bond acceptors (Lipinski definition) is 8. The molecule has 0 aliphatic heterocycles. The van der Waals surface area contributed by atoms with Crippen LogP contribution in [-0.4, -0.2) is 70.0 Å². The molecule has 0 saturated heterocycles. The second-order valence-corrected chi connectivity index (χ2v) is 20.3. The van der Waals surface area contributed by atoms with Crippen LogP contribution in [0.15, 0.2) is 85.1 Å². The first-order valence-electron chi connectivity index (χ1n) is 26.8. The van der Waals surface area contributed by atoms with E-state index in [0.717, 1.165) is 89.9 Å². The maximum absolute atomic E-state index is 12.7. The lowest BCUT2D eigenvalue weighted by Crippen LogP contribution is -2.37. The number of phosphoric acid groups is 1. The molecule has 0 N–H and O–H groups in total. The summed E-state index contributed by atoms with van der Waals surface area (Å²) in [4.78, 5) is 37.6. The highest BCUT2D eigenvalue weighted by atomic mass is 31.2. The van der Waals surface area contributed by atoms with Crippen molar-refractivity contribution in [3.05, 3.63) is 85.1 Å². The molecule has 0 radical (unpaired) electrons. The number of likely N-dealkylation sites (N-methyl/N-ethyl adjacent to an activating group) is 1. The van der Waals surface area contributed by atoms with Gasteiger partial charge in [-0.1, -0.05) is 214 Å². The van der Waals surface area contributed by atoms with E-state index in [4.69, 9.17) is 18.5 Å². The Labute approximate surface area is 411 Å². The topological polar surface area (TPSA) is 111 Å². The summed E-state index contributed by atoms with van der Waals surface area (Å²) >= 11 is 0. The van der Waals surface area contributed by atoms with E-state index in [1.165, 1.54) is 89.9 Å². The molecule has 0 saturated carbocycles. The number of quaternary nitrogens is 1. The Bertz CT molecular complexity index is 1410. The summed E-state index contributed by atoms with van der Waals surface area (Å²) in [5.74, 6) is -0.840. The van der Waals surface area contributed by atoms with Crippen LogP contribution in [0.3, 0.4) is 0 Å². The van der Waals surface area contributed by atoms with Gasteiger partial charge in [0.15, 0.2) is 6.10 Å². The third kappa shape index (κ3) is 52.4. The second kappa shape index (κ2) is 48.2. The van der Waals surface area contributed by atoms with Crippen LogP contribution in [0.1, 0.15) is 213 Å². The summed E-state index contributed by atoms with van der Waals surface area (Å²) in [6.45, 7) is 4.09. The van der Waals surface area contributed by atoms with Crippen LogP contribution in [0.25, 0.3) is 0 Å². The maximum Gasteiger partial charge on any atom is 0.306 e. The predicted molar refractivity (Wildman–Crippen MR) is 282 cm³/mol. The first kappa shape index (κ1) is 64.2. The molecule has 0 aromatic carbocycles. The monoisotopic (exact) mass is 958 g/mol. The van der Waals surface area contributed by atoms with E-state index in [0.29, 0.717) is 17.4 Å². The molecule has 0 amide bonds. The van der Waals surface area contributed by atoms with Crippen molar-refractivity contribution in [2.45, 2.75) is 219 Å². The van der Waals surface area contributed by atoms with Crippen molar-refractivity contribution in [3.63, 3.8) is 0 Å². The molecule has 0 bridgehead atoms. The highest BCUT2D eigenvalue weighted by molar-refractivity contribution is 7.45. The van der Waals surface area contributed by atoms with Crippen LogP contribution < -0.4 is 4.89 Å². The largest absolute Gasteiger partial charge is 0.756 e. The molecular weight excluding hydrogens is 858 g/mol. The van der Waals surface area contributed by atoms with Gasteiger partial charge in [-0.3, -0.25) is 14.2 Å². The highest BCUT2D eigenvalue weighted by Crippen LogP contribution is 2.38. The normalized spacial score (nSPS) is 14.1. The van der Waals surface area contributed by atoms with Gasteiger partial charge in [0.1, 0.15) is 19.8 Å². The molecule has 2 atom stereocenters. The lowest BCUT2D eigenvalue weighted by molar-refractivity contribution is -0.870. The van der Waals surface area contributed by atoms with Gasteiger partial charge in [0.05, 0.1) is 27.7 Å². The van der Waals surface area contributed by atoms with Crippen LogP contribution >= 0.6 is 7.82 Å². The minimum atomic E-state index is -4.63. The van der Waals surface area contributed by atoms with Gasteiger partial charge in [0.2, 0.25) is 0 Å². The number of hydrogen-bond donors (Lipinski definition) is 0. The molecule has 0 fully saturated rings. The molecule has 0 spiro atoms. The fraction of sp³-hybridized carbons (Fsp3) is 0.719. The van der Waals surface area contributed by atoms with Gasteiger partial charge in [-0.15, -0.1) is 0 Å². The molecule has 0 aromatic rings. The molecular formula is C57H100NO8P. The number of nitrogens with zero attached hydrogens (tertiary/aromatic N) is 1. The first-order chi connectivity index (χ1) is 32.5. The van der Waals surface area contributed by atoms with Gasteiger partial charge in [0.25, 0.3) is 7.82 Å². The highest BCUT2D eigenvalue weighted by Gasteiger charge is 2.21. The second-order valence-electron chi connectivity index (χ2n) is 18.9. The zero-order chi connectivity index (χ0) is 49.2. The quantitative estimate of drug-likeness (QED) is 0.0195. The summed E-state index contributed by atoms with van der Waals surface area (Å²) in [6.07, 6.45) is 63.5. The lowest BCUT2D eigenvalue weighted by atomic mass is 10.0. The Morgan fingerprint density at radius 2 is 0.851 bits per heavy atom. The van der Waals surface area contributed by atoms with Gasteiger partial charge >= 0.3 is 11.9 Å². The number of ether oxygens (including phenoxy) is 2. The molecule has 386 valence electrons. The molecule has 0 aliphatic rings. The van der Waals surface area contributed by atoms with E-state index in [-0.39, 0.29) is 32.0 Å². The number of esters is 2. The molecule has 2 unspecified atom stereocenters. The minimum Gasteiger partial charge on any atom is -0.756 e. The third-order valence-corrected chi connectivity index (χ3v) is 12.1. The smallest absolute Gasteiger partial charge is 0.306 e. The van der Waals surface area contributed by atoms with E-state index < -0.39 is 26.5 Å². The number of carbonyl (C=O) groups excluding carboxylic acids is 2. The molecule has 67 heavy (non-hydrogen) atoms.